The molecule has 6 heteroatoms. The standard InChI is InChI=1S/C41H46N2O4/c1-2-3-4-5-6-7-8-9-10-11-12-24-39(44)42-31-25-27-32(28-26-31)47-38-29-36(40(45)35-22-16-15-21-34(35)38)41(46)43-37-23-17-19-30-18-13-14-20-33(30)37/h13-23,25-29,45H,2-12,24H2,1H3,(H,42,44)(H,43,46). The summed E-state index contributed by atoms with van der Waals surface area (Å²) >= 11 is 0. The van der Waals surface area contributed by atoms with Crippen LogP contribution in [-0.4, -0.2) is 16.9 Å². The predicted octanol–water partition coefficient (Wildman–Crippen LogP) is 11.4. The van der Waals surface area contributed by atoms with Crippen LogP contribution in [0.5, 0.6) is 17.2 Å². The van der Waals surface area contributed by atoms with Gasteiger partial charge in [-0.2, -0.15) is 0 Å². The van der Waals surface area contributed by atoms with E-state index in [4.69, 9.17) is 4.74 Å². The fraction of sp³-hybridized carbons (Fsp3) is 0.317. The van der Waals surface area contributed by atoms with E-state index in [1.165, 1.54) is 57.8 Å². The number of unbranched alkanes of at least 4 members (excludes halogenated alkanes) is 10. The van der Waals surface area contributed by atoms with Crippen molar-refractivity contribution in [2.24, 2.45) is 0 Å². The number of amides is 2. The summed E-state index contributed by atoms with van der Waals surface area (Å²) in [6, 6.07) is 29.6. The molecule has 5 rings (SSSR count). The minimum atomic E-state index is -0.440. The molecule has 0 spiro atoms. The van der Waals surface area contributed by atoms with Gasteiger partial charge in [0.05, 0.1) is 5.56 Å². The number of phenolic OH excluding ortho intramolecular Hbond substituents is 1. The number of phenols is 1. The number of nitrogens with one attached hydrogen (secondary N) is 2. The molecule has 0 aromatic heterocycles. The van der Waals surface area contributed by atoms with Gasteiger partial charge >= 0.3 is 0 Å². The van der Waals surface area contributed by atoms with Crippen LogP contribution >= 0.6 is 0 Å². The van der Waals surface area contributed by atoms with Crippen LogP contribution in [0.25, 0.3) is 21.5 Å². The lowest BCUT2D eigenvalue weighted by atomic mass is 10.0. The molecule has 47 heavy (non-hydrogen) atoms. The molecule has 0 saturated carbocycles. The maximum absolute atomic E-state index is 13.5. The van der Waals surface area contributed by atoms with E-state index in [0.717, 1.165) is 23.6 Å². The van der Waals surface area contributed by atoms with Crippen LogP contribution in [0.2, 0.25) is 0 Å². The molecular formula is C41H46N2O4. The van der Waals surface area contributed by atoms with Gasteiger partial charge in [-0.25, -0.2) is 0 Å². The number of hydrogen-bond donors (Lipinski definition) is 3. The summed E-state index contributed by atoms with van der Waals surface area (Å²) in [4.78, 5) is 26.0. The van der Waals surface area contributed by atoms with Crippen molar-refractivity contribution in [1.29, 1.82) is 0 Å². The Balaban J connectivity index is 1.16. The normalized spacial score (nSPS) is 11.1. The van der Waals surface area contributed by atoms with Gasteiger partial charge in [-0.15, -0.1) is 0 Å². The van der Waals surface area contributed by atoms with E-state index in [9.17, 15) is 14.7 Å². The second kappa shape index (κ2) is 17.2. The third-order valence-corrected chi connectivity index (χ3v) is 8.63. The van der Waals surface area contributed by atoms with Crippen molar-refractivity contribution in [2.45, 2.75) is 84.0 Å². The fourth-order valence-corrected chi connectivity index (χ4v) is 6.01. The molecule has 5 aromatic rings. The fourth-order valence-electron chi connectivity index (χ4n) is 6.01. The molecule has 5 aromatic carbocycles. The number of benzene rings is 5. The van der Waals surface area contributed by atoms with Crippen molar-refractivity contribution in [3.05, 3.63) is 103 Å². The molecule has 0 aliphatic carbocycles. The Hall–Kier alpha value is -4.84. The third-order valence-electron chi connectivity index (χ3n) is 8.63. The van der Waals surface area contributed by atoms with Crippen LogP contribution in [0, 0.1) is 0 Å². The number of hydrogen-bond acceptors (Lipinski definition) is 4. The first-order chi connectivity index (χ1) is 23.0. The van der Waals surface area contributed by atoms with E-state index in [1.807, 2.05) is 72.8 Å². The number of carbonyl (C=O) groups excluding carboxylic acids is 2. The summed E-state index contributed by atoms with van der Waals surface area (Å²) in [5.74, 6) is 0.451. The highest BCUT2D eigenvalue weighted by Gasteiger charge is 2.19. The van der Waals surface area contributed by atoms with Crippen LogP contribution in [0.4, 0.5) is 11.4 Å². The number of anilines is 2. The van der Waals surface area contributed by atoms with Gasteiger partial charge in [-0.3, -0.25) is 9.59 Å². The number of ether oxygens (including phenoxy) is 1. The van der Waals surface area contributed by atoms with Gasteiger partial charge in [0, 0.05) is 34.0 Å². The maximum atomic E-state index is 13.5. The Morgan fingerprint density at radius 2 is 1.23 bits per heavy atom. The Bertz CT molecular complexity index is 1780. The summed E-state index contributed by atoms with van der Waals surface area (Å²) in [6.45, 7) is 2.25. The summed E-state index contributed by atoms with van der Waals surface area (Å²) in [5, 5.41) is 20.2. The second-order valence-corrected chi connectivity index (χ2v) is 12.3. The Morgan fingerprint density at radius 3 is 1.94 bits per heavy atom. The zero-order valence-electron chi connectivity index (χ0n) is 27.4. The Labute approximate surface area is 278 Å². The summed E-state index contributed by atoms with van der Waals surface area (Å²) in [6.07, 6.45) is 14.3. The Kier molecular flexibility index (Phi) is 12.3. The van der Waals surface area contributed by atoms with Crippen molar-refractivity contribution in [3.8, 4) is 17.2 Å². The van der Waals surface area contributed by atoms with Crippen LogP contribution in [-0.2, 0) is 4.79 Å². The molecule has 0 radical (unpaired) electrons. The average molecular weight is 631 g/mol. The van der Waals surface area contributed by atoms with Crippen LogP contribution in [0.1, 0.15) is 94.3 Å². The number of rotatable bonds is 17. The Morgan fingerprint density at radius 1 is 0.638 bits per heavy atom. The molecule has 3 N–H and O–H groups in total. The molecule has 0 saturated heterocycles. The monoisotopic (exact) mass is 630 g/mol. The maximum Gasteiger partial charge on any atom is 0.259 e. The van der Waals surface area contributed by atoms with Crippen LogP contribution in [0.3, 0.4) is 0 Å². The topological polar surface area (TPSA) is 87.7 Å². The molecule has 0 unspecified atom stereocenters. The van der Waals surface area contributed by atoms with Crippen molar-refractivity contribution in [2.75, 3.05) is 10.6 Å². The van der Waals surface area contributed by atoms with E-state index in [2.05, 4.69) is 17.6 Å². The van der Waals surface area contributed by atoms with Gasteiger partial charge in [-0.05, 0) is 48.2 Å². The van der Waals surface area contributed by atoms with E-state index in [-0.39, 0.29) is 17.2 Å². The number of fused-ring (bicyclic) bond motifs is 2. The molecule has 0 heterocycles. The molecule has 0 bridgehead atoms. The van der Waals surface area contributed by atoms with Gasteiger partial charge in [-0.1, -0.05) is 132 Å². The first-order valence-corrected chi connectivity index (χ1v) is 17.1. The summed E-state index contributed by atoms with van der Waals surface area (Å²) < 4.78 is 6.26. The molecule has 6 nitrogen and oxygen atoms in total. The quantitative estimate of drug-likeness (QED) is 0.0892. The molecule has 2 amide bonds. The van der Waals surface area contributed by atoms with E-state index in [0.29, 0.717) is 40.1 Å². The number of carbonyl (C=O) groups is 2. The van der Waals surface area contributed by atoms with Crippen molar-refractivity contribution < 1.29 is 19.4 Å². The SMILES string of the molecule is CCCCCCCCCCCCCC(=O)Nc1ccc(Oc2cc(C(=O)Nc3cccc4ccccc34)c(O)c3ccccc23)cc1. The predicted molar refractivity (Wildman–Crippen MR) is 194 cm³/mol. The lowest BCUT2D eigenvalue weighted by Crippen LogP contribution is -2.13. The minimum absolute atomic E-state index is 0.0148. The summed E-state index contributed by atoms with van der Waals surface area (Å²) in [5.41, 5.74) is 1.47. The largest absolute Gasteiger partial charge is 0.506 e. The van der Waals surface area contributed by atoms with Crippen LogP contribution < -0.4 is 15.4 Å². The highest BCUT2D eigenvalue weighted by atomic mass is 16.5. The molecule has 0 aliphatic rings. The van der Waals surface area contributed by atoms with Crippen molar-refractivity contribution in [3.63, 3.8) is 0 Å². The second-order valence-electron chi connectivity index (χ2n) is 12.3. The first kappa shape index (κ1) is 33.5. The van der Waals surface area contributed by atoms with Crippen molar-refractivity contribution >= 4 is 44.7 Å². The lowest BCUT2D eigenvalue weighted by molar-refractivity contribution is -0.116. The van der Waals surface area contributed by atoms with Gasteiger partial charge in [0.25, 0.3) is 5.91 Å². The summed E-state index contributed by atoms with van der Waals surface area (Å²) in [7, 11) is 0. The van der Waals surface area contributed by atoms with E-state index >= 15 is 0 Å². The molecule has 244 valence electrons. The molecular weight excluding hydrogens is 584 g/mol. The van der Waals surface area contributed by atoms with E-state index in [1.54, 1.807) is 24.3 Å². The average Bonchev–Trinajstić information content (AvgIpc) is 3.09. The highest BCUT2D eigenvalue weighted by molar-refractivity contribution is 6.13. The molecule has 0 fully saturated rings. The highest BCUT2D eigenvalue weighted by Crippen LogP contribution is 2.39. The van der Waals surface area contributed by atoms with Gasteiger partial charge in [0.1, 0.15) is 17.2 Å². The molecule has 0 atom stereocenters. The number of aromatic hydroxyl groups is 1. The minimum Gasteiger partial charge on any atom is -0.506 e. The van der Waals surface area contributed by atoms with Crippen molar-refractivity contribution in [1.82, 2.24) is 0 Å². The third kappa shape index (κ3) is 9.35. The molecule has 0 aliphatic heterocycles. The smallest absolute Gasteiger partial charge is 0.259 e. The van der Waals surface area contributed by atoms with Crippen LogP contribution in [0.15, 0.2) is 97.1 Å². The zero-order valence-corrected chi connectivity index (χ0v) is 27.4. The van der Waals surface area contributed by atoms with Gasteiger partial charge in [0.15, 0.2) is 0 Å². The zero-order chi connectivity index (χ0) is 32.8. The van der Waals surface area contributed by atoms with Gasteiger partial charge in [0.2, 0.25) is 5.91 Å². The first-order valence-electron chi connectivity index (χ1n) is 17.1. The lowest BCUT2D eigenvalue weighted by Gasteiger charge is -2.15. The van der Waals surface area contributed by atoms with E-state index < -0.39 is 5.91 Å². The van der Waals surface area contributed by atoms with Gasteiger partial charge < -0.3 is 20.5 Å².